The number of amides is 2. The predicted octanol–water partition coefficient (Wildman–Crippen LogP) is 0.943. The van der Waals surface area contributed by atoms with Crippen molar-refractivity contribution in [1.29, 1.82) is 0 Å². The summed E-state index contributed by atoms with van der Waals surface area (Å²) in [5.74, 6) is -0.0730. The van der Waals surface area contributed by atoms with Gasteiger partial charge < -0.3 is 20.5 Å². The number of benzene rings is 1. The van der Waals surface area contributed by atoms with E-state index in [1.54, 1.807) is 18.2 Å². The zero-order chi connectivity index (χ0) is 15.3. The van der Waals surface area contributed by atoms with Crippen LogP contribution in [-0.2, 0) is 4.79 Å². The second-order valence-corrected chi connectivity index (χ2v) is 4.70. The Labute approximate surface area is 118 Å². The quantitative estimate of drug-likeness (QED) is 0.811. The Morgan fingerprint density at radius 2 is 1.60 bits per heavy atom. The molecule has 0 aliphatic heterocycles. The minimum Gasteiger partial charge on any atom is -0.497 e. The fraction of sp³-hybridized carbons (Fsp3) is 0.429. The molecule has 0 bridgehead atoms. The minimum absolute atomic E-state index is 0.0936. The van der Waals surface area contributed by atoms with E-state index in [1.165, 1.54) is 14.2 Å². The van der Waals surface area contributed by atoms with Crippen LogP contribution in [0.25, 0.3) is 0 Å². The Kier molecular flexibility index (Phi) is 5.37. The molecule has 2 amide bonds. The fourth-order valence-corrected chi connectivity index (χ4v) is 1.73. The minimum atomic E-state index is -0.723. The molecular formula is C14H20N2O4. The zero-order valence-electron chi connectivity index (χ0n) is 12.1. The molecule has 0 spiro atoms. The number of nitrogens with one attached hydrogen (secondary N) is 1. The third-order valence-corrected chi connectivity index (χ3v) is 2.87. The van der Waals surface area contributed by atoms with Crippen molar-refractivity contribution in [1.82, 2.24) is 5.32 Å². The molecule has 1 unspecified atom stereocenters. The summed E-state index contributed by atoms with van der Waals surface area (Å²) < 4.78 is 10.2. The van der Waals surface area contributed by atoms with Gasteiger partial charge in [0.25, 0.3) is 5.91 Å². The Balaban J connectivity index is 2.99. The van der Waals surface area contributed by atoms with Gasteiger partial charge in [-0.2, -0.15) is 0 Å². The lowest BCUT2D eigenvalue weighted by atomic mass is 10.0. The maximum Gasteiger partial charge on any atom is 0.252 e. The molecule has 20 heavy (non-hydrogen) atoms. The average Bonchev–Trinajstić information content (AvgIpc) is 2.42. The summed E-state index contributed by atoms with van der Waals surface area (Å²) in [6.07, 6.45) is 0. The molecule has 6 heteroatoms. The van der Waals surface area contributed by atoms with Crippen LogP contribution in [0, 0.1) is 5.92 Å². The Morgan fingerprint density at radius 1 is 1.10 bits per heavy atom. The van der Waals surface area contributed by atoms with Crippen LogP contribution in [0.2, 0.25) is 0 Å². The van der Waals surface area contributed by atoms with E-state index < -0.39 is 17.9 Å². The zero-order valence-corrected chi connectivity index (χ0v) is 12.1. The Morgan fingerprint density at radius 3 is 1.95 bits per heavy atom. The van der Waals surface area contributed by atoms with Crippen molar-refractivity contribution in [3.05, 3.63) is 23.8 Å². The van der Waals surface area contributed by atoms with Crippen LogP contribution in [0.5, 0.6) is 11.5 Å². The molecule has 1 aromatic rings. The second kappa shape index (κ2) is 6.79. The van der Waals surface area contributed by atoms with Crippen molar-refractivity contribution in [2.75, 3.05) is 14.2 Å². The maximum atomic E-state index is 12.2. The summed E-state index contributed by atoms with van der Waals surface area (Å²) in [6.45, 7) is 3.61. The van der Waals surface area contributed by atoms with E-state index in [0.29, 0.717) is 17.1 Å². The normalized spacial score (nSPS) is 11.8. The monoisotopic (exact) mass is 280 g/mol. The highest BCUT2D eigenvalue weighted by atomic mass is 16.5. The summed E-state index contributed by atoms with van der Waals surface area (Å²) in [5, 5.41) is 2.61. The van der Waals surface area contributed by atoms with Gasteiger partial charge in [-0.1, -0.05) is 13.8 Å². The van der Waals surface area contributed by atoms with E-state index in [0.717, 1.165) is 0 Å². The SMILES string of the molecule is COc1cc(OC)cc(C(=O)NC(C(N)=O)C(C)C)c1. The number of ether oxygens (including phenoxy) is 2. The van der Waals surface area contributed by atoms with Crippen LogP contribution < -0.4 is 20.5 Å². The molecule has 3 N–H and O–H groups in total. The molecule has 0 radical (unpaired) electrons. The van der Waals surface area contributed by atoms with Gasteiger partial charge in [-0.25, -0.2) is 0 Å². The van der Waals surface area contributed by atoms with E-state index in [9.17, 15) is 9.59 Å². The van der Waals surface area contributed by atoms with Gasteiger partial charge in [-0.3, -0.25) is 9.59 Å². The summed E-state index contributed by atoms with van der Waals surface area (Å²) in [7, 11) is 2.99. The first-order chi connectivity index (χ1) is 9.38. The van der Waals surface area contributed by atoms with Crippen molar-refractivity contribution in [3.8, 4) is 11.5 Å². The van der Waals surface area contributed by atoms with Crippen LogP contribution >= 0.6 is 0 Å². The molecule has 1 aromatic carbocycles. The van der Waals surface area contributed by atoms with Gasteiger partial charge >= 0.3 is 0 Å². The van der Waals surface area contributed by atoms with E-state index >= 15 is 0 Å². The number of methoxy groups -OCH3 is 2. The number of rotatable bonds is 6. The van der Waals surface area contributed by atoms with Crippen LogP contribution in [-0.4, -0.2) is 32.1 Å². The van der Waals surface area contributed by atoms with Crippen molar-refractivity contribution < 1.29 is 19.1 Å². The Hall–Kier alpha value is -2.24. The first-order valence-corrected chi connectivity index (χ1v) is 6.22. The number of hydrogen-bond donors (Lipinski definition) is 2. The topological polar surface area (TPSA) is 90.7 Å². The third-order valence-electron chi connectivity index (χ3n) is 2.87. The lowest BCUT2D eigenvalue weighted by molar-refractivity contribution is -0.120. The van der Waals surface area contributed by atoms with Crippen molar-refractivity contribution >= 4 is 11.8 Å². The second-order valence-electron chi connectivity index (χ2n) is 4.70. The number of nitrogens with two attached hydrogens (primary N) is 1. The van der Waals surface area contributed by atoms with Crippen molar-refractivity contribution in [3.63, 3.8) is 0 Å². The van der Waals surface area contributed by atoms with Crippen LogP contribution in [0.3, 0.4) is 0 Å². The molecule has 1 rings (SSSR count). The highest BCUT2D eigenvalue weighted by Gasteiger charge is 2.22. The van der Waals surface area contributed by atoms with Gasteiger partial charge in [0.05, 0.1) is 14.2 Å². The number of carbonyl (C=O) groups is 2. The first-order valence-electron chi connectivity index (χ1n) is 6.22. The van der Waals surface area contributed by atoms with Gasteiger partial charge in [0, 0.05) is 11.6 Å². The number of primary amides is 1. The lowest BCUT2D eigenvalue weighted by Crippen LogP contribution is -2.47. The molecule has 0 aliphatic rings. The molecule has 6 nitrogen and oxygen atoms in total. The molecule has 110 valence electrons. The molecular weight excluding hydrogens is 260 g/mol. The van der Waals surface area contributed by atoms with Gasteiger partial charge in [0.15, 0.2) is 0 Å². The van der Waals surface area contributed by atoms with Crippen molar-refractivity contribution in [2.45, 2.75) is 19.9 Å². The van der Waals surface area contributed by atoms with E-state index in [1.807, 2.05) is 13.8 Å². The van der Waals surface area contributed by atoms with Crippen LogP contribution in [0.4, 0.5) is 0 Å². The van der Waals surface area contributed by atoms with E-state index in [2.05, 4.69) is 5.32 Å². The average molecular weight is 280 g/mol. The van der Waals surface area contributed by atoms with Gasteiger partial charge in [-0.15, -0.1) is 0 Å². The van der Waals surface area contributed by atoms with Crippen molar-refractivity contribution in [2.24, 2.45) is 11.7 Å². The molecule has 0 aromatic heterocycles. The lowest BCUT2D eigenvalue weighted by Gasteiger charge is -2.19. The van der Waals surface area contributed by atoms with Crippen LogP contribution in [0.15, 0.2) is 18.2 Å². The van der Waals surface area contributed by atoms with E-state index in [4.69, 9.17) is 15.2 Å². The summed E-state index contributed by atoms with van der Waals surface area (Å²) >= 11 is 0. The predicted molar refractivity (Wildman–Crippen MR) is 74.8 cm³/mol. The number of carbonyl (C=O) groups excluding carboxylic acids is 2. The molecule has 0 saturated heterocycles. The molecule has 0 aliphatic carbocycles. The van der Waals surface area contributed by atoms with Gasteiger partial charge in [0.1, 0.15) is 17.5 Å². The van der Waals surface area contributed by atoms with E-state index in [-0.39, 0.29) is 5.92 Å². The molecule has 1 atom stereocenters. The standard InChI is InChI=1S/C14H20N2O4/c1-8(2)12(13(15)17)16-14(18)9-5-10(19-3)7-11(6-9)20-4/h5-8,12H,1-4H3,(H2,15,17)(H,16,18). The van der Waals surface area contributed by atoms with Crippen LogP contribution in [0.1, 0.15) is 24.2 Å². The van der Waals surface area contributed by atoms with Gasteiger partial charge in [0.2, 0.25) is 5.91 Å². The summed E-state index contributed by atoms with van der Waals surface area (Å²) in [4.78, 5) is 23.5. The number of hydrogen-bond acceptors (Lipinski definition) is 4. The fourth-order valence-electron chi connectivity index (χ4n) is 1.73. The molecule has 0 heterocycles. The maximum absolute atomic E-state index is 12.2. The Bertz CT molecular complexity index is 478. The summed E-state index contributed by atoms with van der Waals surface area (Å²) in [6, 6.07) is 4.07. The smallest absolute Gasteiger partial charge is 0.252 e. The highest BCUT2D eigenvalue weighted by Crippen LogP contribution is 2.22. The molecule has 0 saturated carbocycles. The largest absolute Gasteiger partial charge is 0.497 e. The summed E-state index contributed by atoms with van der Waals surface area (Å²) in [5.41, 5.74) is 5.61. The third kappa shape index (κ3) is 3.88. The first kappa shape index (κ1) is 15.8. The van der Waals surface area contributed by atoms with Gasteiger partial charge in [-0.05, 0) is 18.1 Å². The highest BCUT2D eigenvalue weighted by molar-refractivity contribution is 5.98. The molecule has 0 fully saturated rings.